The maximum atomic E-state index is 11.1. The minimum atomic E-state index is -0.383. The first kappa shape index (κ1) is 14.1. The van der Waals surface area contributed by atoms with Crippen molar-refractivity contribution in [2.75, 3.05) is 24.6 Å². The Hall–Kier alpha value is -1.33. The number of nitro groups is 1. The molecule has 1 aromatic carbocycles. The molecule has 1 saturated heterocycles. The standard InChI is InChI=1S/C13H17ClN2O3/c1-2-19-11-4-3-7-15(9-11)12-6-5-10(14)8-13(12)16(17)18/h5-6,8,11H,2-4,7,9H2,1H3. The zero-order valence-corrected chi connectivity index (χ0v) is 11.6. The lowest BCUT2D eigenvalue weighted by molar-refractivity contribution is -0.384. The van der Waals surface area contributed by atoms with Crippen LogP contribution < -0.4 is 4.90 Å². The maximum Gasteiger partial charge on any atom is 0.294 e. The molecule has 1 unspecified atom stereocenters. The summed E-state index contributed by atoms with van der Waals surface area (Å²) in [5.41, 5.74) is 0.684. The molecule has 1 aliphatic rings. The van der Waals surface area contributed by atoms with Gasteiger partial charge in [-0.2, -0.15) is 0 Å². The van der Waals surface area contributed by atoms with E-state index in [2.05, 4.69) is 0 Å². The monoisotopic (exact) mass is 284 g/mol. The predicted molar refractivity (Wildman–Crippen MR) is 75.0 cm³/mol. The molecular formula is C13H17ClN2O3. The second kappa shape index (κ2) is 6.21. The molecule has 19 heavy (non-hydrogen) atoms. The van der Waals surface area contributed by atoms with E-state index in [9.17, 15) is 10.1 Å². The number of nitrogens with zero attached hydrogens (tertiary/aromatic N) is 2. The largest absolute Gasteiger partial charge is 0.377 e. The Morgan fingerprint density at radius 2 is 2.37 bits per heavy atom. The van der Waals surface area contributed by atoms with Crippen LogP contribution in [0.2, 0.25) is 5.02 Å². The van der Waals surface area contributed by atoms with E-state index in [1.807, 2.05) is 11.8 Å². The summed E-state index contributed by atoms with van der Waals surface area (Å²) in [7, 11) is 0. The van der Waals surface area contributed by atoms with E-state index in [4.69, 9.17) is 16.3 Å². The van der Waals surface area contributed by atoms with Gasteiger partial charge >= 0.3 is 0 Å². The number of rotatable bonds is 4. The number of ether oxygens (including phenoxy) is 1. The second-order valence-electron chi connectivity index (χ2n) is 4.56. The quantitative estimate of drug-likeness (QED) is 0.629. The Morgan fingerprint density at radius 1 is 1.58 bits per heavy atom. The van der Waals surface area contributed by atoms with Gasteiger partial charge in [0.05, 0.1) is 11.0 Å². The van der Waals surface area contributed by atoms with Crippen LogP contribution in [0.5, 0.6) is 0 Å². The van der Waals surface area contributed by atoms with E-state index in [1.54, 1.807) is 12.1 Å². The van der Waals surface area contributed by atoms with Crippen molar-refractivity contribution in [3.63, 3.8) is 0 Å². The molecule has 1 atom stereocenters. The molecule has 6 heteroatoms. The van der Waals surface area contributed by atoms with E-state index >= 15 is 0 Å². The fourth-order valence-corrected chi connectivity index (χ4v) is 2.61. The van der Waals surface area contributed by atoms with Crippen molar-refractivity contribution in [1.29, 1.82) is 0 Å². The number of anilines is 1. The third-order valence-electron chi connectivity index (χ3n) is 3.26. The number of hydrogen-bond donors (Lipinski definition) is 0. The zero-order valence-electron chi connectivity index (χ0n) is 10.8. The number of nitro benzene ring substituents is 1. The van der Waals surface area contributed by atoms with Gasteiger partial charge in [0, 0.05) is 30.8 Å². The summed E-state index contributed by atoms with van der Waals surface area (Å²) in [6.45, 7) is 4.13. The lowest BCUT2D eigenvalue weighted by Gasteiger charge is -2.33. The maximum absolute atomic E-state index is 11.1. The summed E-state index contributed by atoms with van der Waals surface area (Å²) in [4.78, 5) is 12.7. The lowest BCUT2D eigenvalue weighted by atomic mass is 10.1. The van der Waals surface area contributed by atoms with E-state index in [-0.39, 0.29) is 16.7 Å². The van der Waals surface area contributed by atoms with Gasteiger partial charge in [0.25, 0.3) is 5.69 Å². The number of halogens is 1. The first-order valence-corrected chi connectivity index (χ1v) is 6.80. The van der Waals surface area contributed by atoms with Crippen molar-refractivity contribution < 1.29 is 9.66 Å². The van der Waals surface area contributed by atoms with Crippen molar-refractivity contribution in [3.05, 3.63) is 33.3 Å². The molecule has 5 nitrogen and oxygen atoms in total. The van der Waals surface area contributed by atoms with Gasteiger partial charge in [-0.1, -0.05) is 11.6 Å². The molecule has 1 fully saturated rings. The third kappa shape index (κ3) is 3.36. The summed E-state index contributed by atoms with van der Waals surface area (Å²) in [5.74, 6) is 0. The average molecular weight is 285 g/mol. The predicted octanol–water partition coefficient (Wildman–Crippen LogP) is 3.25. The highest BCUT2D eigenvalue weighted by Crippen LogP contribution is 2.33. The van der Waals surface area contributed by atoms with Crippen LogP contribution in [-0.2, 0) is 4.74 Å². The summed E-state index contributed by atoms with van der Waals surface area (Å²) in [6, 6.07) is 4.81. The van der Waals surface area contributed by atoms with E-state index in [1.165, 1.54) is 6.07 Å². The van der Waals surface area contributed by atoms with E-state index in [0.29, 0.717) is 23.9 Å². The van der Waals surface area contributed by atoms with E-state index < -0.39 is 0 Å². The van der Waals surface area contributed by atoms with Crippen LogP contribution in [-0.4, -0.2) is 30.7 Å². The van der Waals surface area contributed by atoms with Crippen molar-refractivity contribution >= 4 is 23.0 Å². The molecule has 0 bridgehead atoms. The van der Waals surface area contributed by atoms with Crippen LogP contribution >= 0.6 is 11.6 Å². The second-order valence-corrected chi connectivity index (χ2v) is 4.99. The van der Waals surface area contributed by atoms with Gasteiger partial charge in [-0.05, 0) is 31.9 Å². The van der Waals surface area contributed by atoms with Gasteiger partial charge in [0.2, 0.25) is 0 Å². The fourth-order valence-electron chi connectivity index (χ4n) is 2.44. The topological polar surface area (TPSA) is 55.6 Å². The average Bonchev–Trinajstić information content (AvgIpc) is 2.39. The Balaban J connectivity index is 2.23. The molecule has 1 heterocycles. The molecule has 0 aromatic heterocycles. The zero-order chi connectivity index (χ0) is 13.8. The van der Waals surface area contributed by atoms with Crippen molar-refractivity contribution in [3.8, 4) is 0 Å². The smallest absolute Gasteiger partial charge is 0.294 e. The minimum Gasteiger partial charge on any atom is -0.377 e. The molecule has 1 aromatic rings. The summed E-state index contributed by atoms with van der Waals surface area (Å²) < 4.78 is 5.62. The molecule has 0 aliphatic carbocycles. The number of benzene rings is 1. The van der Waals surface area contributed by atoms with Crippen LogP contribution in [0.25, 0.3) is 0 Å². The Bertz CT molecular complexity index is 465. The molecule has 104 valence electrons. The van der Waals surface area contributed by atoms with Crippen molar-refractivity contribution in [1.82, 2.24) is 0 Å². The highest BCUT2D eigenvalue weighted by atomic mass is 35.5. The van der Waals surface area contributed by atoms with Crippen LogP contribution in [0.3, 0.4) is 0 Å². The van der Waals surface area contributed by atoms with Gasteiger partial charge in [-0.15, -0.1) is 0 Å². The third-order valence-corrected chi connectivity index (χ3v) is 3.49. The lowest BCUT2D eigenvalue weighted by Crippen LogP contribution is -2.40. The van der Waals surface area contributed by atoms with Gasteiger partial charge < -0.3 is 9.64 Å². The normalized spacial score (nSPS) is 19.5. The number of hydrogen-bond acceptors (Lipinski definition) is 4. The summed E-state index contributed by atoms with van der Waals surface area (Å²) in [6.07, 6.45) is 2.13. The van der Waals surface area contributed by atoms with Crippen LogP contribution in [0, 0.1) is 10.1 Å². The van der Waals surface area contributed by atoms with Gasteiger partial charge in [0.1, 0.15) is 5.69 Å². The van der Waals surface area contributed by atoms with Crippen LogP contribution in [0.1, 0.15) is 19.8 Å². The molecule has 0 spiro atoms. The Kier molecular flexibility index (Phi) is 4.61. The molecule has 0 amide bonds. The minimum absolute atomic E-state index is 0.0599. The molecule has 0 N–H and O–H groups in total. The SMILES string of the molecule is CCOC1CCCN(c2ccc(Cl)cc2[N+](=O)[O-])C1. The van der Waals surface area contributed by atoms with Crippen LogP contribution in [0.15, 0.2) is 18.2 Å². The van der Waals surface area contributed by atoms with E-state index in [0.717, 1.165) is 19.4 Å². The first-order valence-electron chi connectivity index (χ1n) is 6.42. The van der Waals surface area contributed by atoms with Gasteiger partial charge in [-0.3, -0.25) is 10.1 Å². The molecular weight excluding hydrogens is 268 g/mol. The molecule has 0 saturated carbocycles. The first-order chi connectivity index (χ1) is 9.11. The summed E-state index contributed by atoms with van der Waals surface area (Å²) >= 11 is 5.83. The molecule has 0 radical (unpaired) electrons. The number of piperidine rings is 1. The van der Waals surface area contributed by atoms with Gasteiger partial charge in [0.15, 0.2) is 0 Å². The van der Waals surface area contributed by atoms with Crippen molar-refractivity contribution in [2.24, 2.45) is 0 Å². The summed E-state index contributed by atoms with van der Waals surface area (Å²) in [5, 5.41) is 11.5. The van der Waals surface area contributed by atoms with Gasteiger partial charge in [-0.25, -0.2) is 0 Å². The molecule has 1 aliphatic heterocycles. The molecule has 2 rings (SSSR count). The van der Waals surface area contributed by atoms with Crippen molar-refractivity contribution in [2.45, 2.75) is 25.9 Å². The highest BCUT2D eigenvalue weighted by molar-refractivity contribution is 6.30. The Labute approximate surface area is 117 Å². The highest BCUT2D eigenvalue weighted by Gasteiger charge is 2.25. The Morgan fingerprint density at radius 3 is 3.05 bits per heavy atom. The van der Waals surface area contributed by atoms with Crippen LogP contribution in [0.4, 0.5) is 11.4 Å². The fraction of sp³-hybridized carbons (Fsp3) is 0.538.